The first kappa shape index (κ1) is 18.4. The highest BCUT2D eigenvalue weighted by molar-refractivity contribution is 5.80. The van der Waals surface area contributed by atoms with Crippen molar-refractivity contribution in [1.29, 1.82) is 5.26 Å². The molecule has 26 heavy (non-hydrogen) atoms. The molecule has 0 N–H and O–H groups in total. The molecule has 2 aliphatic heterocycles. The van der Waals surface area contributed by atoms with Gasteiger partial charge in [-0.25, -0.2) is 0 Å². The van der Waals surface area contributed by atoms with Crippen LogP contribution in [0, 0.1) is 17.2 Å². The SMILES string of the molecule is CC(=O)N1CCC(C(=O)N2CCN(Cc3ccc(C#N)cc3)CC2)CC1. The Labute approximate surface area is 155 Å². The molecule has 2 aliphatic rings. The summed E-state index contributed by atoms with van der Waals surface area (Å²) in [5.41, 5.74) is 1.88. The Hall–Kier alpha value is -2.39. The first-order chi connectivity index (χ1) is 12.6. The van der Waals surface area contributed by atoms with Crippen LogP contribution in [0.2, 0.25) is 0 Å². The molecule has 2 heterocycles. The number of piperidine rings is 1. The number of hydrogen-bond acceptors (Lipinski definition) is 4. The molecular weight excluding hydrogens is 328 g/mol. The van der Waals surface area contributed by atoms with Crippen LogP contribution in [0.5, 0.6) is 0 Å². The number of nitrogens with zero attached hydrogens (tertiary/aromatic N) is 4. The number of carbonyl (C=O) groups is 2. The molecule has 2 amide bonds. The van der Waals surface area contributed by atoms with Crippen LogP contribution in [0.1, 0.15) is 30.9 Å². The number of piperazine rings is 1. The summed E-state index contributed by atoms with van der Waals surface area (Å²) in [4.78, 5) is 30.3. The molecule has 1 aromatic carbocycles. The van der Waals surface area contributed by atoms with E-state index in [1.54, 1.807) is 6.92 Å². The third-order valence-corrected chi connectivity index (χ3v) is 5.46. The van der Waals surface area contributed by atoms with Gasteiger partial charge in [0.2, 0.25) is 11.8 Å². The van der Waals surface area contributed by atoms with Crippen molar-refractivity contribution in [3.63, 3.8) is 0 Å². The molecular formula is C20H26N4O2. The standard InChI is InChI=1S/C20H26N4O2/c1-16(25)23-8-6-19(7-9-23)20(26)24-12-10-22(11-13-24)15-18-4-2-17(14-21)3-5-18/h2-5,19H,6-13,15H2,1H3. The Balaban J connectivity index is 1.45. The normalized spacial score (nSPS) is 19.2. The van der Waals surface area contributed by atoms with Crippen LogP contribution in [0.25, 0.3) is 0 Å². The number of likely N-dealkylation sites (tertiary alicyclic amines) is 1. The molecule has 2 fully saturated rings. The van der Waals surface area contributed by atoms with E-state index in [0.29, 0.717) is 18.7 Å². The van der Waals surface area contributed by atoms with Crippen LogP contribution in [-0.4, -0.2) is 65.8 Å². The smallest absolute Gasteiger partial charge is 0.225 e. The molecule has 0 unspecified atom stereocenters. The highest BCUT2D eigenvalue weighted by atomic mass is 16.2. The molecule has 138 valence electrons. The Morgan fingerprint density at radius 1 is 1.00 bits per heavy atom. The van der Waals surface area contributed by atoms with Crippen LogP contribution in [-0.2, 0) is 16.1 Å². The van der Waals surface area contributed by atoms with E-state index >= 15 is 0 Å². The quantitative estimate of drug-likeness (QED) is 0.824. The summed E-state index contributed by atoms with van der Waals surface area (Å²) < 4.78 is 0. The Morgan fingerprint density at radius 2 is 1.62 bits per heavy atom. The van der Waals surface area contributed by atoms with Gasteiger partial charge in [0.1, 0.15) is 0 Å². The van der Waals surface area contributed by atoms with Crippen LogP contribution in [0.15, 0.2) is 24.3 Å². The van der Waals surface area contributed by atoms with Crippen LogP contribution in [0.3, 0.4) is 0 Å². The predicted octanol–water partition coefficient (Wildman–Crippen LogP) is 1.46. The number of benzene rings is 1. The lowest BCUT2D eigenvalue weighted by Crippen LogP contribution is -2.51. The molecule has 0 spiro atoms. The van der Waals surface area contributed by atoms with E-state index in [9.17, 15) is 9.59 Å². The second kappa shape index (κ2) is 8.33. The zero-order valence-electron chi connectivity index (χ0n) is 15.4. The van der Waals surface area contributed by atoms with Crippen molar-refractivity contribution in [2.45, 2.75) is 26.3 Å². The van der Waals surface area contributed by atoms with E-state index in [1.165, 1.54) is 5.56 Å². The third-order valence-electron chi connectivity index (χ3n) is 5.46. The highest BCUT2D eigenvalue weighted by Crippen LogP contribution is 2.21. The van der Waals surface area contributed by atoms with Gasteiger partial charge < -0.3 is 9.80 Å². The van der Waals surface area contributed by atoms with Gasteiger partial charge in [0.15, 0.2) is 0 Å². The largest absolute Gasteiger partial charge is 0.343 e. The van der Waals surface area contributed by atoms with E-state index in [0.717, 1.165) is 45.6 Å². The summed E-state index contributed by atoms with van der Waals surface area (Å²) in [7, 11) is 0. The van der Waals surface area contributed by atoms with Crippen LogP contribution in [0.4, 0.5) is 0 Å². The summed E-state index contributed by atoms with van der Waals surface area (Å²) in [6, 6.07) is 9.83. The number of rotatable bonds is 3. The van der Waals surface area contributed by atoms with E-state index in [2.05, 4.69) is 11.0 Å². The van der Waals surface area contributed by atoms with E-state index in [-0.39, 0.29) is 17.7 Å². The number of carbonyl (C=O) groups excluding carboxylic acids is 2. The van der Waals surface area contributed by atoms with E-state index in [1.807, 2.05) is 34.1 Å². The van der Waals surface area contributed by atoms with Crippen LogP contribution < -0.4 is 0 Å². The minimum atomic E-state index is 0.0654. The van der Waals surface area contributed by atoms with Gasteiger partial charge in [0, 0.05) is 58.7 Å². The molecule has 0 aromatic heterocycles. The monoisotopic (exact) mass is 354 g/mol. The zero-order chi connectivity index (χ0) is 18.5. The molecule has 0 bridgehead atoms. The third kappa shape index (κ3) is 4.41. The fourth-order valence-corrected chi connectivity index (χ4v) is 3.77. The van der Waals surface area contributed by atoms with Crippen molar-refractivity contribution in [3.05, 3.63) is 35.4 Å². The summed E-state index contributed by atoms with van der Waals surface area (Å²) >= 11 is 0. The first-order valence-electron chi connectivity index (χ1n) is 9.32. The predicted molar refractivity (Wildman–Crippen MR) is 98.0 cm³/mol. The molecule has 0 radical (unpaired) electrons. The maximum atomic E-state index is 12.7. The van der Waals surface area contributed by atoms with Gasteiger partial charge in [0.05, 0.1) is 11.6 Å². The fourth-order valence-electron chi connectivity index (χ4n) is 3.77. The second-order valence-corrected chi connectivity index (χ2v) is 7.19. The van der Waals surface area contributed by atoms with E-state index in [4.69, 9.17) is 5.26 Å². The highest BCUT2D eigenvalue weighted by Gasteiger charge is 2.30. The lowest BCUT2D eigenvalue weighted by Gasteiger charge is -2.38. The van der Waals surface area contributed by atoms with Gasteiger partial charge >= 0.3 is 0 Å². The molecule has 0 saturated carbocycles. The topological polar surface area (TPSA) is 67.7 Å². The fraction of sp³-hybridized carbons (Fsp3) is 0.550. The Morgan fingerprint density at radius 3 is 2.15 bits per heavy atom. The van der Waals surface area contributed by atoms with Gasteiger partial charge in [-0.05, 0) is 30.5 Å². The lowest BCUT2D eigenvalue weighted by atomic mass is 9.95. The molecule has 1 aromatic rings. The lowest BCUT2D eigenvalue weighted by molar-refractivity contribution is -0.141. The summed E-state index contributed by atoms with van der Waals surface area (Å²) in [6.45, 7) is 7.12. The second-order valence-electron chi connectivity index (χ2n) is 7.19. The number of nitriles is 1. The maximum absolute atomic E-state index is 12.7. The summed E-state index contributed by atoms with van der Waals surface area (Å²) in [6.07, 6.45) is 1.56. The van der Waals surface area contributed by atoms with Crippen molar-refractivity contribution < 1.29 is 9.59 Å². The summed E-state index contributed by atoms with van der Waals surface area (Å²) in [5.74, 6) is 0.425. The minimum absolute atomic E-state index is 0.0654. The Bertz CT molecular complexity index is 679. The van der Waals surface area contributed by atoms with Gasteiger partial charge in [-0.1, -0.05) is 12.1 Å². The van der Waals surface area contributed by atoms with Crippen LogP contribution >= 0.6 is 0 Å². The van der Waals surface area contributed by atoms with Crippen molar-refractivity contribution in [2.24, 2.45) is 5.92 Å². The van der Waals surface area contributed by atoms with E-state index < -0.39 is 0 Å². The zero-order valence-corrected chi connectivity index (χ0v) is 15.4. The average Bonchev–Trinajstić information content (AvgIpc) is 2.69. The van der Waals surface area contributed by atoms with Gasteiger partial charge in [-0.3, -0.25) is 14.5 Å². The van der Waals surface area contributed by atoms with Crippen molar-refractivity contribution in [3.8, 4) is 6.07 Å². The molecule has 0 aliphatic carbocycles. The van der Waals surface area contributed by atoms with Gasteiger partial charge in [-0.2, -0.15) is 5.26 Å². The molecule has 6 nitrogen and oxygen atoms in total. The number of hydrogen-bond donors (Lipinski definition) is 0. The average molecular weight is 354 g/mol. The maximum Gasteiger partial charge on any atom is 0.225 e. The van der Waals surface area contributed by atoms with Gasteiger partial charge in [0.25, 0.3) is 0 Å². The number of amides is 2. The molecule has 2 saturated heterocycles. The summed E-state index contributed by atoms with van der Waals surface area (Å²) in [5, 5.41) is 8.86. The molecule has 3 rings (SSSR count). The van der Waals surface area contributed by atoms with Gasteiger partial charge in [-0.15, -0.1) is 0 Å². The minimum Gasteiger partial charge on any atom is -0.343 e. The van der Waals surface area contributed by atoms with Crippen molar-refractivity contribution >= 4 is 11.8 Å². The van der Waals surface area contributed by atoms with Crippen molar-refractivity contribution in [1.82, 2.24) is 14.7 Å². The molecule has 0 atom stereocenters. The molecule has 6 heteroatoms. The Kier molecular flexibility index (Phi) is 5.89. The van der Waals surface area contributed by atoms with Crippen molar-refractivity contribution in [2.75, 3.05) is 39.3 Å². The first-order valence-corrected chi connectivity index (χ1v) is 9.32.